The number of rotatable bonds is 4. The van der Waals surface area contributed by atoms with E-state index in [1.54, 1.807) is 6.92 Å². The molecule has 5 nitrogen and oxygen atoms in total. The van der Waals surface area contributed by atoms with Gasteiger partial charge < -0.3 is 20.3 Å². The molecule has 0 aliphatic rings. The number of aliphatic hydroxyl groups is 1. The molecule has 1 aromatic rings. The number of amides is 1. The van der Waals surface area contributed by atoms with Crippen molar-refractivity contribution in [2.45, 2.75) is 13.0 Å². The average Bonchev–Trinajstić information content (AvgIpc) is 2.26. The Morgan fingerprint density at radius 1 is 1.56 bits per heavy atom. The van der Waals surface area contributed by atoms with Gasteiger partial charge in [0.05, 0.1) is 13.2 Å². The summed E-state index contributed by atoms with van der Waals surface area (Å²) >= 11 is 0. The zero-order valence-electron chi connectivity index (χ0n) is 9.23. The molecule has 0 bridgehead atoms. The number of aromatic hydroxyl groups is 1. The average molecular weight is 225 g/mol. The molecule has 88 valence electrons. The van der Waals surface area contributed by atoms with Crippen LogP contribution in [0.5, 0.6) is 11.5 Å². The summed E-state index contributed by atoms with van der Waals surface area (Å²) in [6, 6.07) is 4.30. The molecule has 0 aliphatic heterocycles. The fourth-order valence-corrected chi connectivity index (χ4v) is 1.16. The van der Waals surface area contributed by atoms with Crippen molar-refractivity contribution >= 4 is 5.91 Å². The fourth-order valence-electron chi connectivity index (χ4n) is 1.16. The van der Waals surface area contributed by atoms with Crippen LogP contribution in [0.2, 0.25) is 0 Å². The second-order valence-electron chi connectivity index (χ2n) is 3.45. The lowest BCUT2D eigenvalue weighted by Crippen LogP contribution is -2.30. The van der Waals surface area contributed by atoms with E-state index in [0.29, 0.717) is 5.56 Å². The number of methoxy groups -OCH3 is 1. The van der Waals surface area contributed by atoms with E-state index in [-0.39, 0.29) is 24.0 Å². The number of hydrogen-bond acceptors (Lipinski definition) is 4. The molecule has 1 atom stereocenters. The van der Waals surface area contributed by atoms with Gasteiger partial charge in [0, 0.05) is 12.1 Å². The van der Waals surface area contributed by atoms with E-state index in [9.17, 15) is 9.90 Å². The minimum atomic E-state index is -0.594. The van der Waals surface area contributed by atoms with Crippen LogP contribution < -0.4 is 10.1 Å². The maximum atomic E-state index is 11.6. The van der Waals surface area contributed by atoms with Crippen LogP contribution in [-0.4, -0.2) is 35.9 Å². The number of carbonyl (C=O) groups is 1. The molecule has 1 aromatic carbocycles. The lowest BCUT2D eigenvalue weighted by molar-refractivity contribution is 0.0923. The highest BCUT2D eigenvalue weighted by Crippen LogP contribution is 2.26. The van der Waals surface area contributed by atoms with E-state index in [1.807, 2.05) is 0 Å². The molecule has 0 spiro atoms. The van der Waals surface area contributed by atoms with Gasteiger partial charge in [-0.2, -0.15) is 0 Å². The molecule has 1 amide bonds. The highest BCUT2D eigenvalue weighted by atomic mass is 16.5. The zero-order valence-corrected chi connectivity index (χ0v) is 9.23. The van der Waals surface area contributed by atoms with Crippen LogP contribution in [-0.2, 0) is 0 Å². The molecule has 0 heterocycles. The van der Waals surface area contributed by atoms with E-state index in [2.05, 4.69) is 5.32 Å². The summed E-state index contributed by atoms with van der Waals surface area (Å²) in [4.78, 5) is 11.6. The van der Waals surface area contributed by atoms with Gasteiger partial charge in [0.1, 0.15) is 0 Å². The standard InChI is InChI=1S/C11H15NO4/c1-7(13)6-12-11(15)8-3-4-9(14)10(5-8)16-2/h3-5,7,13-14H,6H2,1-2H3,(H,12,15). The molecule has 0 radical (unpaired) electrons. The number of phenols is 1. The molecule has 1 rings (SSSR count). The minimum Gasteiger partial charge on any atom is -0.504 e. The fraction of sp³-hybridized carbons (Fsp3) is 0.364. The number of benzene rings is 1. The summed E-state index contributed by atoms with van der Waals surface area (Å²) < 4.78 is 4.88. The second kappa shape index (κ2) is 5.37. The Labute approximate surface area is 93.7 Å². The number of carbonyl (C=O) groups excluding carboxylic acids is 1. The molecule has 16 heavy (non-hydrogen) atoms. The molecule has 0 fully saturated rings. The van der Waals surface area contributed by atoms with Crippen molar-refractivity contribution in [2.24, 2.45) is 0 Å². The highest BCUT2D eigenvalue weighted by molar-refractivity contribution is 5.94. The highest BCUT2D eigenvalue weighted by Gasteiger charge is 2.09. The van der Waals surface area contributed by atoms with Gasteiger partial charge in [-0.3, -0.25) is 4.79 Å². The zero-order chi connectivity index (χ0) is 12.1. The first kappa shape index (κ1) is 12.3. The van der Waals surface area contributed by atoms with Crippen LogP contribution in [0, 0.1) is 0 Å². The van der Waals surface area contributed by atoms with Crippen molar-refractivity contribution in [3.05, 3.63) is 23.8 Å². The SMILES string of the molecule is COc1cc(C(=O)NCC(C)O)ccc1O. The van der Waals surface area contributed by atoms with Crippen LogP contribution in [0.15, 0.2) is 18.2 Å². The van der Waals surface area contributed by atoms with Crippen molar-refractivity contribution < 1.29 is 19.7 Å². The molecule has 5 heteroatoms. The topological polar surface area (TPSA) is 78.8 Å². The van der Waals surface area contributed by atoms with Crippen molar-refractivity contribution in [2.75, 3.05) is 13.7 Å². The lowest BCUT2D eigenvalue weighted by atomic mass is 10.2. The van der Waals surface area contributed by atoms with Gasteiger partial charge in [0.15, 0.2) is 11.5 Å². The Balaban J connectivity index is 2.76. The normalized spacial score (nSPS) is 11.9. The third-order valence-corrected chi connectivity index (χ3v) is 2.00. The van der Waals surface area contributed by atoms with Crippen molar-refractivity contribution in [1.82, 2.24) is 5.32 Å². The molecule has 3 N–H and O–H groups in total. The minimum absolute atomic E-state index is 0.0189. The second-order valence-corrected chi connectivity index (χ2v) is 3.45. The molecular formula is C11H15NO4. The maximum absolute atomic E-state index is 11.6. The maximum Gasteiger partial charge on any atom is 0.251 e. The summed E-state index contributed by atoms with van der Waals surface area (Å²) in [6.07, 6.45) is -0.594. The van der Waals surface area contributed by atoms with Gasteiger partial charge >= 0.3 is 0 Å². The van der Waals surface area contributed by atoms with E-state index >= 15 is 0 Å². The van der Waals surface area contributed by atoms with Crippen LogP contribution in [0.3, 0.4) is 0 Å². The van der Waals surface area contributed by atoms with Crippen molar-refractivity contribution in [3.8, 4) is 11.5 Å². The van der Waals surface area contributed by atoms with Gasteiger partial charge in [-0.1, -0.05) is 0 Å². The predicted molar refractivity (Wildman–Crippen MR) is 58.7 cm³/mol. The van der Waals surface area contributed by atoms with E-state index < -0.39 is 6.10 Å². The smallest absolute Gasteiger partial charge is 0.251 e. The van der Waals surface area contributed by atoms with Crippen molar-refractivity contribution in [1.29, 1.82) is 0 Å². The Hall–Kier alpha value is -1.75. The predicted octanol–water partition coefficient (Wildman–Crippen LogP) is 0.511. The summed E-state index contributed by atoms with van der Waals surface area (Å²) in [6.45, 7) is 1.76. The van der Waals surface area contributed by atoms with E-state index in [4.69, 9.17) is 9.84 Å². The quantitative estimate of drug-likeness (QED) is 0.697. The number of aliphatic hydroxyl groups excluding tert-OH is 1. The number of phenolic OH excluding ortho intramolecular Hbond substituents is 1. The molecular weight excluding hydrogens is 210 g/mol. The third-order valence-electron chi connectivity index (χ3n) is 2.00. The van der Waals surface area contributed by atoms with Gasteiger partial charge in [-0.15, -0.1) is 0 Å². The first-order chi connectivity index (χ1) is 7.54. The molecule has 0 aromatic heterocycles. The molecule has 1 unspecified atom stereocenters. The van der Waals surface area contributed by atoms with Crippen LogP contribution >= 0.6 is 0 Å². The number of ether oxygens (including phenoxy) is 1. The van der Waals surface area contributed by atoms with Gasteiger partial charge in [-0.25, -0.2) is 0 Å². The van der Waals surface area contributed by atoms with Crippen molar-refractivity contribution in [3.63, 3.8) is 0 Å². The summed E-state index contributed by atoms with van der Waals surface area (Å²) in [7, 11) is 1.41. The lowest BCUT2D eigenvalue weighted by Gasteiger charge is -2.08. The van der Waals surface area contributed by atoms with Gasteiger partial charge in [0.25, 0.3) is 5.91 Å². The van der Waals surface area contributed by atoms with Gasteiger partial charge in [-0.05, 0) is 25.1 Å². The molecule has 0 aliphatic carbocycles. The Morgan fingerprint density at radius 3 is 2.81 bits per heavy atom. The first-order valence-corrected chi connectivity index (χ1v) is 4.88. The number of nitrogens with one attached hydrogen (secondary N) is 1. The third kappa shape index (κ3) is 3.13. The Morgan fingerprint density at radius 2 is 2.25 bits per heavy atom. The van der Waals surface area contributed by atoms with Crippen LogP contribution in [0.25, 0.3) is 0 Å². The molecule has 0 saturated carbocycles. The molecule has 0 saturated heterocycles. The van der Waals surface area contributed by atoms with Gasteiger partial charge in [0.2, 0.25) is 0 Å². The van der Waals surface area contributed by atoms with E-state index in [1.165, 1.54) is 25.3 Å². The first-order valence-electron chi connectivity index (χ1n) is 4.88. The monoisotopic (exact) mass is 225 g/mol. The van der Waals surface area contributed by atoms with E-state index in [0.717, 1.165) is 0 Å². The number of hydrogen-bond donors (Lipinski definition) is 3. The Kier molecular flexibility index (Phi) is 4.13. The summed E-state index contributed by atoms with van der Waals surface area (Å²) in [5.74, 6) is -0.0986. The summed E-state index contributed by atoms with van der Waals surface area (Å²) in [5.41, 5.74) is 0.371. The summed E-state index contributed by atoms with van der Waals surface area (Å²) in [5, 5.41) is 20.9. The largest absolute Gasteiger partial charge is 0.504 e. The van der Waals surface area contributed by atoms with Crippen LogP contribution in [0.4, 0.5) is 0 Å². The Bertz CT molecular complexity index is 376. The van der Waals surface area contributed by atoms with Crippen LogP contribution in [0.1, 0.15) is 17.3 Å².